The van der Waals surface area contributed by atoms with E-state index in [2.05, 4.69) is 15.8 Å². The van der Waals surface area contributed by atoms with E-state index in [4.69, 9.17) is 0 Å². The largest absolute Gasteiger partial charge is 0.507 e. The molecule has 0 aromatic heterocycles. The average molecular weight is 327 g/mol. The van der Waals surface area contributed by atoms with Crippen molar-refractivity contribution in [3.63, 3.8) is 0 Å². The number of hydrazone groups is 1. The Morgan fingerprint density at radius 1 is 1.21 bits per heavy atom. The Kier molecular flexibility index (Phi) is 4.24. The third kappa shape index (κ3) is 3.24. The average Bonchev–Trinajstić information content (AvgIpc) is 2.56. The number of nitrogens with zero attached hydrogens (tertiary/aromatic N) is 1. The summed E-state index contributed by atoms with van der Waals surface area (Å²) in [4.78, 5) is 23.2. The first-order valence-electron chi connectivity index (χ1n) is 7.29. The first kappa shape index (κ1) is 15.7. The second-order valence-electron chi connectivity index (χ2n) is 5.26. The molecule has 2 amide bonds. The van der Waals surface area contributed by atoms with Gasteiger partial charge >= 0.3 is 0 Å². The third-order valence-electron chi connectivity index (χ3n) is 3.59. The molecule has 0 atom stereocenters. The van der Waals surface area contributed by atoms with Gasteiger partial charge in [-0.05, 0) is 24.3 Å². The van der Waals surface area contributed by atoms with Crippen LogP contribution < -0.4 is 10.7 Å². The van der Waals surface area contributed by atoms with Crippen molar-refractivity contribution in [1.82, 2.24) is 5.43 Å². The quantitative estimate of drug-likeness (QED) is 0.808. The molecule has 122 valence electrons. The zero-order chi connectivity index (χ0) is 17.1. The van der Waals surface area contributed by atoms with E-state index >= 15 is 0 Å². The van der Waals surface area contributed by atoms with Crippen molar-refractivity contribution in [3.8, 4) is 5.75 Å². The third-order valence-corrected chi connectivity index (χ3v) is 3.59. The van der Waals surface area contributed by atoms with Gasteiger partial charge in [0.15, 0.2) is 0 Å². The number of anilines is 1. The van der Waals surface area contributed by atoms with Crippen LogP contribution in [0.2, 0.25) is 0 Å². The fraction of sp³-hybridized carbons (Fsp3) is 0.118. The summed E-state index contributed by atoms with van der Waals surface area (Å²) in [6, 6.07) is 10.1. The molecule has 2 aromatic rings. The summed E-state index contributed by atoms with van der Waals surface area (Å²) in [5.41, 5.74) is 3.63. The van der Waals surface area contributed by atoms with E-state index in [1.54, 1.807) is 18.2 Å². The van der Waals surface area contributed by atoms with E-state index in [1.807, 2.05) is 0 Å². The van der Waals surface area contributed by atoms with Gasteiger partial charge in [0.05, 0.1) is 11.3 Å². The molecule has 1 aliphatic rings. The molecule has 0 fully saturated rings. The van der Waals surface area contributed by atoms with Crippen molar-refractivity contribution < 1.29 is 19.1 Å². The Bertz CT molecular complexity index is 849. The van der Waals surface area contributed by atoms with Crippen LogP contribution in [0.3, 0.4) is 0 Å². The lowest BCUT2D eigenvalue weighted by Gasteiger charge is -2.14. The number of benzene rings is 2. The summed E-state index contributed by atoms with van der Waals surface area (Å²) >= 11 is 0. The smallest absolute Gasteiger partial charge is 0.258 e. The second-order valence-corrected chi connectivity index (χ2v) is 5.26. The van der Waals surface area contributed by atoms with E-state index in [0.29, 0.717) is 29.8 Å². The predicted octanol–water partition coefficient (Wildman–Crippen LogP) is 2.40. The molecule has 0 aliphatic carbocycles. The number of nitrogens with one attached hydrogen (secondary N) is 2. The van der Waals surface area contributed by atoms with E-state index in [1.165, 1.54) is 24.3 Å². The summed E-state index contributed by atoms with van der Waals surface area (Å²) < 4.78 is 13.6. The fourth-order valence-corrected chi connectivity index (χ4v) is 2.37. The summed E-state index contributed by atoms with van der Waals surface area (Å²) in [6.07, 6.45) is 0.713. The van der Waals surface area contributed by atoms with E-state index < -0.39 is 11.7 Å². The Morgan fingerprint density at radius 2 is 2.00 bits per heavy atom. The van der Waals surface area contributed by atoms with Gasteiger partial charge < -0.3 is 10.4 Å². The van der Waals surface area contributed by atoms with Crippen molar-refractivity contribution in [2.45, 2.75) is 12.8 Å². The standard InChI is InChI=1S/C17H14FN3O3/c18-13-4-2-1-3-11(13)17(24)19-10-5-6-12(15(22)9-10)14-7-8-16(23)21-20-14/h1-6,9,22H,7-8H2,(H,19,24)(H,21,23). The van der Waals surface area contributed by atoms with Gasteiger partial charge in [-0.3, -0.25) is 9.59 Å². The number of aromatic hydroxyl groups is 1. The van der Waals surface area contributed by atoms with Gasteiger partial charge in [0, 0.05) is 30.2 Å². The van der Waals surface area contributed by atoms with Gasteiger partial charge in [0.2, 0.25) is 5.91 Å². The minimum absolute atomic E-state index is 0.0829. The lowest BCUT2D eigenvalue weighted by atomic mass is 10.0. The molecule has 1 aliphatic heterocycles. The van der Waals surface area contributed by atoms with Gasteiger partial charge in [-0.1, -0.05) is 12.1 Å². The van der Waals surface area contributed by atoms with Gasteiger partial charge in [0.25, 0.3) is 5.91 Å². The van der Waals surface area contributed by atoms with Crippen LogP contribution >= 0.6 is 0 Å². The molecular formula is C17H14FN3O3. The Morgan fingerprint density at radius 3 is 2.67 bits per heavy atom. The molecule has 0 saturated heterocycles. The van der Waals surface area contributed by atoms with Crippen LogP contribution in [0.15, 0.2) is 47.6 Å². The molecule has 24 heavy (non-hydrogen) atoms. The van der Waals surface area contributed by atoms with Crippen LogP contribution in [0, 0.1) is 5.82 Å². The maximum atomic E-state index is 13.6. The molecule has 0 bridgehead atoms. The molecule has 2 aromatic carbocycles. The van der Waals surface area contributed by atoms with Crippen LogP contribution in [0.4, 0.5) is 10.1 Å². The highest BCUT2D eigenvalue weighted by atomic mass is 19.1. The molecule has 0 unspecified atom stereocenters. The van der Waals surface area contributed by atoms with Gasteiger partial charge in [-0.2, -0.15) is 5.10 Å². The number of phenols is 1. The minimum Gasteiger partial charge on any atom is -0.507 e. The number of halogens is 1. The number of hydrogen-bond donors (Lipinski definition) is 3. The minimum atomic E-state index is -0.622. The van der Waals surface area contributed by atoms with Gasteiger partial charge in [-0.15, -0.1) is 0 Å². The highest BCUT2D eigenvalue weighted by Gasteiger charge is 2.17. The lowest BCUT2D eigenvalue weighted by molar-refractivity contribution is -0.121. The molecule has 0 spiro atoms. The van der Waals surface area contributed by atoms with Crippen LogP contribution in [-0.4, -0.2) is 22.6 Å². The molecule has 1 heterocycles. The molecule has 0 radical (unpaired) electrons. The molecular weight excluding hydrogens is 313 g/mol. The fourth-order valence-electron chi connectivity index (χ4n) is 2.37. The zero-order valence-electron chi connectivity index (χ0n) is 12.5. The number of hydrogen-bond acceptors (Lipinski definition) is 4. The number of carbonyl (C=O) groups is 2. The van der Waals surface area contributed by atoms with E-state index in [0.717, 1.165) is 0 Å². The first-order chi connectivity index (χ1) is 11.5. The van der Waals surface area contributed by atoms with Crippen molar-refractivity contribution in [2.75, 3.05) is 5.32 Å². The van der Waals surface area contributed by atoms with Crippen LogP contribution in [0.1, 0.15) is 28.8 Å². The summed E-state index contributed by atoms with van der Waals surface area (Å²) in [5, 5.41) is 16.6. The molecule has 7 heteroatoms. The Hall–Kier alpha value is -3.22. The molecule has 0 saturated carbocycles. The first-order valence-corrected chi connectivity index (χ1v) is 7.29. The van der Waals surface area contributed by atoms with Crippen LogP contribution in [-0.2, 0) is 4.79 Å². The summed E-state index contributed by atoms with van der Waals surface area (Å²) in [5.74, 6) is -1.49. The van der Waals surface area contributed by atoms with E-state index in [-0.39, 0.29) is 17.2 Å². The van der Waals surface area contributed by atoms with Crippen molar-refractivity contribution in [3.05, 3.63) is 59.4 Å². The normalized spacial score (nSPS) is 13.9. The van der Waals surface area contributed by atoms with E-state index in [9.17, 15) is 19.1 Å². The van der Waals surface area contributed by atoms with Crippen molar-refractivity contribution >= 4 is 23.2 Å². The summed E-state index contributed by atoms with van der Waals surface area (Å²) in [6.45, 7) is 0. The van der Waals surface area contributed by atoms with Crippen LogP contribution in [0.25, 0.3) is 0 Å². The van der Waals surface area contributed by atoms with Crippen molar-refractivity contribution in [2.24, 2.45) is 5.10 Å². The summed E-state index contributed by atoms with van der Waals surface area (Å²) in [7, 11) is 0. The number of rotatable bonds is 3. The highest BCUT2D eigenvalue weighted by Crippen LogP contribution is 2.25. The second kappa shape index (κ2) is 6.49. The number of amides is 2. The molecule has 3 N–H and O–H groups in total. The monoisotopic (exact) mass is 327 g/mol. The maximum Gasteiger partial charge on any atom is 0.258 e. The highest BCUT2D eigenvalue weighted by molar-refractivity contribution is 6.07. The lowest BCUT2D eigenvalue weighted by Crippen LogP contribution is -2.26. The van der Waals surface area contributed by atoms with Gasteiger partial charge in [-0.25, -0.2) is 9.82 Å². The molecule has 6 nitrogen and oxygen atoms in total. The number of carbonyl (C=O) groups excluding carboxylic acids is 2. The SMILES string of the molecule is O=C1CCC(c2ccc(NC(=O)c3ccccc3F)cc2O)=NN1. The zero-order valence-corrected chi connectivity index (χ0v) is 12.5. The Labute approximate surface area is 137 Å². The number of phenolic OH excluding ortho intramolecular Hbond substituents is 1. The predicted molar refractivity (Wildman–Crippen MR) is 86.4 cm³/mol. The Balaban J connectivity index is 1.79. The molecule has 3 rings (SSSR count). The topological polar surface area (TPSA) is 90.8 Å². The maximum absolute atomic E-state index is 13.6. The van der Waals surface area contributed by atoms with Crippen molar-refractivity contribution in [1.29, 1.82) is 0 Å². The van der Waals surface area contributed by atoms with Gasteiger partial charge in [0.1, 0.15) is 11.6 Å². The van der Waals surface area contributed by atoms with Crippen LogP contribution in [0.5, 0.6) is 5.75 Å².